The number of aliphatic hydroxyl groups is 1. The van der Waals surface area contributed by atoms with Gasteiger partial charge in [0.25, 0.3) is 0 Å². The SMILES string of the molecule is CCCCCCCCCCCCCCCCc1cn(CCO)c(-c2ccc(C(=O)O)cc2C(=O)OC)n1. The first-order chi connectivity index (χ1) is 18.0. The second-order valence-electron chi connectivity index (χ2n) is 9.88. The van der Waals surface area contributed by atoms with Crippen LogP contribution in [0.4, 0.5) is 0 Å². The van der Waals surface area contributed by atoms with Gasteiger partial charge in [-0.05, 0) is 31.0 Å². The maximum atomic E-state index is 12.4. The molecule has 1 aromatic heterocycles. The van der Waals surface area contributed by atoms with E-state index < -0.39 is 11.9 Å². The second kappa shape index (κ2) is 17.7. The lowest BCUT2D eigenvalue weighted by Crippen LogP contribution is -2.10. The van der Waals surface area contributed by atoms with Crippen LogP contribution in [0, 0.1) is 0 Å². The van der Waals surface area contributed by atoms with Crippen molar-refractivity contribution in [1.29, 1.82) is 0 Å². The molecule has 2 aromatic rings. The Morgan fingerprint density at radius 3 is 1.97 bits per heavy atom. The molecule has 0 aliphatic heterocycles. The van der Waals surface area contributed by atoms with E-state index in [1.807, 2.05) is 10.8 Å². The van der Waals surface area contributed by atoms with Gasteiger partial charge in [0, 0.05) is 18.3 Å². The lowest BCUT2D eigenvalue weighted by Gasteiger charge is -2.10. The van der Waals surface area contributed by atoms with Crippen molar-refractivity contribution in [3.05, 3.63) is 41.2 Å². The first-order valence-corrected chi connectivity index (χ1v) is 14.1. The lowest BCUT2D eigenvalue weighted by molar-refractivity contribution is 0.0601. The van der Waals surface area contributed by atoms with Gasteiger partial charge in [0.2, 0.25) is 0 Å². The Labute approximate surface area is 222 Å². The van der Waals surface area contributed by atoms with Gasteiger partial charge in [0.15, 0.2) is 0 Å². The van der Waals surface area contributed by atoms with E-state index >= 15 is 0 Å². The van der Waals surface area contributed by atoms with Gasteiger partial charge in [0.05, 0.1) is 30.5 Å². The largest absolute Gasteiger partial charge is 0.478 e. The van der Waals surface area contributed by atoms with E-state index in [2.05, 4.69) is 6.92 Å². The summed E-state index contributed by atoms with van der Waals surface area (Å²) in [6, 6.07) is 4.35. The Bertz CT molecular complexity index is 953. The van der Waals surface area contributed by atoms with Crippen LogP contribution in [-0.4, -0.2) is 45.4 Å². The topological polar surface area (TPSA) is 102 Å². The number of carbonyl (C=O) groups is 2. The van der Waals surface area contributed by atoms with E-state index in [1.54, 1.807) is 6.07 Å². The highest BCUT2D eigenvalue weighted by Gasteiger charge is 2.20. The summed E-state index contributed by atoms with van der Waals surface area (Å²) in [6.07, 6.45) is 21.1. The summed E-state index contributed by atoms with van der Waals surface area (Å²) < 4.78 is 6.70. The third-order valence-electron chi connectivity index (χ3n) is 6.87. The molecular formula is C30H46N2O5. The van der Waals surface area contributed by atoms with E-state index in [1.165, 1.54) is 96.3 Å². The van der Waals surface area contributed by atoms with Crippen LogP contribution in [0.15, 0.2) is 24.4 Å². The highest BCUT2D eigenvalue weighted by atomic mass is 16.5. The Hall–Kier alpha value is -2.67. The van der Waals surface area contributed by atoms with Gasteiger partial charge in [-0.25, -0.2) is 14.6 Å². The number of aryl methyl sites for hydroxylation is 1. The van der Waals surface area contributed by atoms with Crippen LogP contribution in [0.3, 0.4) is 0 Å². The molecule has 2 N–H and O–H groups in total. The van der Waals surface area contributed by atoms with Gasteiger partial charge >= 0.3 is 11.9 Å². The van der Waals surface area contributed by atoms with Crippen LogP contribution in [0.2, 0.25) is 0 Å². The molecular weight excluding hydrogens is 468 g/mol. The van der Waals surface area contributed by atoms with Crippen molar-refractivity contribution in [3.63, 3.8) is 0 Å². The van der Waals surface area contributed by atoms with Gasteiger partial charge in [-0.3, -0.25) is 0 Å². The standard InChI is InChI=1S/C30H46N2O5/c1-3-4-5-6-7-8-9-10-11-12-13-14-15-16-17-25-23-32(20-21-33)28(31-25)26-19-18-24(29(34)35)22-27(26)30(36)37-2/h18-19,22-23,33H,3-17,20-21H2,1-2H3,(H,34,35). The number of unbranched alkanes of at least 4 members (excludes halogenated alkanes) is 13. The number of aromatic nitrogens is 2. The fraction of sp³-hybridized carbons (Fsp3) is 0.633. The van der Waals surface area contributed by atoms with Gasteiger partial charge in [-0.1, -0.05) is 90.4 Å². The molecule has 37 heavy (non-hydrogen) atoms. The average Bonchev–Trinajstić information content (AvgIpc) is 3.30. The molecule has 0 atom stereocenters. The van der Waals surface area contributed by atoms with Crippen LogP contribution >= 0.6 is 0 Å². The number of hydrogen-bond donors (Lipinski definition) is 2. The number of ether oxygens (including phenoxy) is 1. The molecule has 0 bridgehead atoms. The minimum Gasteiger partial charge on any atom is -0.478 e. The number of rotatable bonds is 20. The molecule has 7 nitrogen and oxygen atoms in total. The Morgan fingerprint density at radius 2 is 1.46 bits per heavy atom. The average molecular weight is 515 g/mol. The summed E-state index contributed by atoms with van der Waals surface area (Å²) in [5, 5.41) is 18.9. The Kier molecular flexibility index (Phi) is 14.6. The van der Waals surface area contributed by atoms with Crippen molar-refractivity contribution in [1.82, 2.24) is 9.55 Å². The molecule has 0 saturated carbocycles. The minimum absolute atomic E-state index is 0.00652. The Balaban J connectivity index is 1.81. The summed E-state index contributed by atoms with van der Waals surface area (Å²) in [5.41, 5.74) is 1.56. The quantitative estimate of drug-likeness (QED) is 0.145. The summed E-state index contributed by atoms with van der Waals surface area (Å²) in [4.78, 5) is 28.5. The van der Waals surface area contributed by atoms with Crippen LogP contribution in [-0.2, 0) is 17.7 Å². The van der Waals surface area contributed by atoms with Crippen LogP contribution < -0.4 is 0 Å². The van der Waals surface area contributed by atoms with E-state index in [0.29, 0.717) is 17.9 Å². The maximum absolute atomic E-state index is 12.4. The number of benzene rings is 1. The molecule has 0 saturated heterocycles. The molecule has 0 spiro atoms. The molecule has 0 aliphatic carbocycles. The summed E-state index contributed by atoms with van der Waals surface area (Å²) in [5.74, 6) is -1.20. The van der Waals surface area contributed by atoms with Gasteiger partial charge < -0.3 is 19.5 Å². The molecule has 7 heteroatoms. The van der Waals surface area contributed by atoms with E-state index in [4.69, 9.17) is 9.72 Å². The third kappa shape index (κ3) is 10.7. The van der Waals surface area contributed by atoms with Gasteiger partial charge in [-0.2, -0.15) is 0 Å². The normalized spacial score (nSPS) is 11.1. The second-order valence-corrected chi connectivity index (χ2v) is 9.88. The zero-order valence-electron chi connectivity index (χ0n) is 22.8. The number of carbonyl (C=O) groups excluding carboxylic acids is 1. The zero-order valence-corrected chi connectivity index (χ0v) is 22.8. The summed E-state index contributed by atoms with van der Waals surface area (Å²) in [7, 11) is 1.26. The van der Waals surface area contributed by atoms with Gasteiger partial charge in [0.1, 0.15) is 5.82 Å². The molecule has 1 heterocycles. The zero-order chi connectivity index (χ0) is 26.9. The first kappa shape index (κ1) is 30.6. The Morgan fingerprint density at radius 1 is 0.892 bits per heavy atom. The number of hydrogen-bond acceptors (Lipinski definition) is 5. The maximum Gasteiger partial charge on any atom is 0.338 e. The lowest BCUT2D eigenvalue weighted by atomic mass is 10.0. The highest BCUT2D eigenvalue weighted by Crippen LogP contribution is 2.26. The number of aliphatic hydroxyl groups excluding tert-OH is 1. The number of esters is 1. The van der Waals surface area contributed by atoms with Crippen LogP contribution in [0.1, 0.15) is 123 Å². The van der Waals surface area contributed by atoms with Crippen LogP contribution in [0.5, 0.6) is 0 Å². The van der Waals surface area contributed by atoms with Crippen molar-refractivity contribution in [2.45, 2.75) is 110 Å². The van der Waals surface area contributed by atoms with Crippen molar-refractivity contribution in [2.75, 3.05) is 13.7 Å². The number of carboxylic acids is 1. The molecule has 1 aromatic carbocycles. The summed E-state index contributed by atoms with van der Waals surface area (Å²) >= 11 is 0. The number of aromatic carboxylic acids is 1. The molecule has 2 rings (SSSR count). The number of nitrogens with zero attached hydrogens (tertiary/aromatic N) is 2. The van der Waals surface area contributed by atoms with Gasteiger partial charge in [-0.15, -0.1) is 0 Å². The van der Waals surface area contributed by atoms with E-state index in [9.17, 15) is 19.8 Å². The predicted octanol–water partition coefficient (Wildman–Crippen LogP) is 7.05. The van der Waals surface area contributed by atoms with E-state index in [-0.39, 0.29) is 17.7 Å². The highest BCUT2D eigenvalue weighted by molar-refractivity contribution is 5.99. The molecule has 0 fully saturated rings. The van der Waals surface area contributed by atoms with Crippen molar-refractivity contribution in [3.8, 4) is 11.4 Å². The summed E-state index contributed by atoms with van der Waals surface area (Å²) in [6.45, 7) is 2.53. The molecule has 0 radical (unpaired) electrons. The molecule has 0 unspecified atom stereocenters. The first-order valence-electron chi connectivity index (χ1n) is 14.1. The van der Waals surface area contributed by atoms with Crippen molar-refractivity contribution in [2.24, 2.45) is 0 Å². The van der Waals surface area contributed by atoms with Crippen molar-refractivity contribution < 1.29 is 24.5 Å². The van der Waals surface area contributed by atoms with Crippen molar-refractivity contribution >= 4 is 11.9 Å². The fourth-order valence-electron chi connectivity index (χ4n) is 4.74. The molecule has 0 amide bonds. The number of carboxylic acid groups (broad SMARTS) is 1. The predicted molar refractivity (Wildman–Crippen MR) is 147 cm³/mol. The molecule has 206 valence electrons. The minimum atomic E-state index is -1.12. The molecule has 0 aliphatic rings. The number of imidazole rings is 1. The fourth-order valence-corrected chi connectivity index (χ4v) is 4.74. The third-order valence-corrected chi connectivity index (χ3v) is 6.87. The van der Waals surface area contributed by atoms with E-state index in [0.717, 1.165) is 25.0 Å². The monoisotopic (exact) mass is 514 g/mol. The van der Waals surface area contributed by atoms with Crippen LogP contribution in [0.25, 0.3) is 11.4 Å². The smallest absolute Gasteiger partial charge is 0.338 e. The number of methoxy groups -OCH3 is 1.